The molecule has 0 saturated carbocycles. The van der Waals surface area contributed by atoms with E-state index < -0.39 is 30.4 Å². The SMILES string of the molecule is CCC1CCN(C(=O)N[C@@H](CC(=O)O)C(=O)O)CC1. The third-order valence-corrected chi connectivity index (χ3v) is 3.45. The van der Waals surface area contributed by atoms with E-state index in [1.165, 1.54) is 0 Å². The Labute approximate surface area is 111 Å². The lowest BCUT2D eigenvalue weighted by molar-refractivity contribution is -0.145. The zero-order valence-electron chi connectivity index (χ0n) is 11.0. The van der Waals surface area contributed by atoms with Crippen LogP contribution >= 0.6 is 0 Å². The highest BCUT2D eigenvalue weighted by molar-refractivity contribution is 5.86. The van der Waals surface area contributed by atoms with Crippen molar-refractivity contribution in [3.8, 4) is 0 Å². The van der Waals surface area contributed by atoms with Crippen LogP contribution in [-0.4, -0.2) is 52.2 Å². The van der Waals surface area contributed by atoms with Gasteiger partial charge < -0.3 is 20.4 Å². The van der Waals surface area contributed by atoms with E-state index in [4.69, 9.17) is 10.2 Å². The van der Waals surface area contributed by atoms with Crippen LogP contribution in [-0.2, 0) is 9.59 Å². The van der Waals surface area contributed by atoms with E-state index >= 15 is 0 Å². The van der Waals surface area contributed by atoms with E-state index in [0.717, 1.165) is 19.3 Å². The average molecular weight is 272 g/mol. The summed E-state index contributed by atoms with van der Waals surface area (Å²) in [7, 11) is 0. The molecule has 0 bridgehead atoms. The number of hydrogen-bond donors (Lipinski definition) is 3. The van der Waals surface area contributed by atoms with E-state index in [2.05, 4.69) is 12.2 Å². The molecule has 0 aromatic rings. The molecule has 1 aliphatic heterocycles. The Morgan fingerprint density at radius 3 is 2.26 bits per heavy atom. The lowest BCUT2D eigenvalue weighted by atomic mass is 9.95. The van der Waals surface area contributed by atoms with Gasteiger partial charge in [-0.1, -0.05) is 13.3 Å². The van der Waals surface area contributed by atoms with Crippen LogP contribution in [0.25, 0.3) is 0 Å². The summed E-state index contributed by atoms with van der Waals surface area (Å²) in [4.78, 5) is 34.8. The fourth-order valence-corrected chi connectivity index (χ4v) is 2.16. The lowest BCUT2D eigenvalue weighted by Gasteiger charge is -2.32. The fourth-order valence-electron chi connectivity index (χ4n) is 2.16. The Morgan fingerprint density at radius 2 is 1.84 bits per heavy atom. The van der Waals surface area contributed by atoms with Gasteiger partial charge in [-0.15, -0.1) is 0 Å². The molecule has 7 heteroatoms. The normalized spacial score (nSPS) is 17.8. The van der Waals surface area contributed by atoms with Gasteiger partial charge in [-0.25, -0.2) is 9.59 Å². The molecule has 7 nitrogen and oxygen atoms in total. The number of rotatable bonds is 5. The second-order valence-corrected chi connectivity index (χ2v) is 4.78. The second kappa shape index (κ2) is 6.96. The van der Waals surface area contributed by atoms with Gasteiger partial charge in [-0.2, -0.15) is 0 Å². The van der Waals surface area contributed by atoms with Gasteiger partial charge in [0.1, 0.15) is 6.04 Å². The molecule has 3 N–H and O–H groups in total. The largest absolute Gasteiger partial charge is 0.481 e. The number of nitrogens with one attached hydrogen (secondary N) is 1. The molecule has 1 saturated heterocycles. The van der Waals surface area contributed by atoms with Crippen LogP contribution in [0.5, 0.6) is 0 Å². The van der Waals surface area contributed by atoms with E-state index in [1.807, 2.05) is 0 Å². The molecule has 108 valence electrons. The first-order valence-corrected chi connectivity index (χ1v) is 6.44. The molecule has 1 fully saturated rings. The number of nitrogens with zero attached hydrogens (tertiary/aromatic N) is 1. The van der Waals surface area contributed by atoms with E-state index in [-0.39, 0.29) is 0 Å². The molecule has 19 heavy (non-hydrogen) atoms. The Balaban J connectivity index is 2.48. The predicted octanol–water partition coefficient (Wildman–Crippen LogP) is 0.746. The summed E-state index contributed by atoms with van der Waals surface area (Å²) in [6, 6.07) is -1.88. The first-order chi connectivity index (χ1) is 8.93. The minimum atomic E-state index is -1.38. The van der Waals surface area contributed by atoms with Crippen molar-refractivity contribution >= 4 is 18.0 Å². The quantitative estimate of drug-likeness (QED) is 0.684. The predicted molar refractivity (Wildman–Crippen MR) is 66.8 cm³/mol. The molecule has 1 rings (SSSR count). The number of hydrogen-bond acceptors (Lipinski definition) is 3. The van der Waals surface area contributed by atoms with Crippen molar-refractivity contribution in [3.63, 3.8) is 0 Å². The molecule has 0 aromatic heterocycles. The summed E-state index contributed by atoms with van der Waals surface area (Å²) >= 11 is 0. The van der Waals surface area contributed by atoms with Gasteiger partial charge >= 0.3 is 18.0 Å². The van der Waals surface area contributed by atoms with Crippen LogP contribution in [0.15, 0.2) is 0 Å². The van der Waals surface area contributed by atoms with Crippen molar-refractivity contribution in [1.29, 1.82) is 0 Å². The molecule has 2 amide bonds. The third kappa shape index (κ3) is 4.76. The first-order valence-electron chi connectivity index (χ1n) is 6.44. The third-order valence-electron chi connectivity index (χ3n) is 3.45. The van der Waals surface area contributed by atoms with Crippen molar-refractivity contribution in [1.82, 2.24) is 10.2 Å². The maximum atomic E-state index is 11.8. The van der Waals surface area contributed by atoms with Gasteiger partial charge in [0.05, 0.1) is 6.42 Å². The number of carboxylic acids is 2. The molecule has 0 spiro atoms. The molecule has 1 atom stereocenters. The van der Waals surface area contributed by atoms with Gasteiger partial charge in [-0.05, 0) is 18.8 Å². The Morgan fingerprint density at radius 1 is 1.26 bits per heavy atom. The number of carbonyl (C=O) groups is 3. The van der Waals surface area contributed by atoms with E-state index in [0.29, 0.717) is 19.0 Å². The van der Waals surface area contributed by atoms with Gasteiger partial charge in [0, 0.05) is 13.1 Å². The first kappa shape index (κ1) is 15.3. The number of carbonyl (C=O) groups excluding carboxylic acids is 1. The number of amides is 2. The molecular formula is C12H20N2O5. The van der Waals surface area contributed by atoms with Crippen molar-refractivity contribution in [2.45, 2.75) is 38.6 Å². The zero-order chi connectivity index (χ0) is 14.4. The summed E-state index contributed by atoms with van der Waals surface area (Å²) in [6.45, 7) is 3.28. The summed E-state index contributed by atoms with van der Waals surface area (Å²) in [5.74, 6) is -1.98. The highest BCUT2D eigenvalue weighted by Crippen LogP contribution is 2.19. The molecule has 1 heterocycles. The summed E-state index contributed by atoms with van der Waals surface area (Å²) < 4.78 is 0. The van der Waals surface area contributed by atoms with E-state index in [1.54, 1.807) is 4.90 Å². The smallest absolute Gasteiger partial charge is 0.326 e. The highest BCUT2D eigenvalue weighted by atomic mass is 16.4. The average Bonchev–Trinajstić information content (AvgIpc) is 2.37. The molecule has 1 aliphatic rings. The van der Waals surface area contributed by atoms with Gasteiger partial charge in [0.15, 0.2) is 0 Å². The van der Waals surface area contributed by atoms with Crippen LogP contribution < -0.4 is 5.32 Å². The monoisotopic (exact) mass is 272 g/mol. The van der Waals surface area contributed by atoms with Crippen molar-refractivity contribution < 1.29 is 24.6 Å². The lowest BCUT2D eigenvalue weighted by Crippen LogP contribution is -2.50. The van der Waals surface area contributed by atoms with Crippen LogP contribution in [0, 0.1) is 5.92 Å². The number of aliphatic carboxylic acids is 2. The van der Waals surface area contributed by atoms with Gasteiger partial charge in [-0.3, -0.25) is 4.79 Å². The van der Waals surface area contributed by atoms with Crippen LogP contribution in [0.2, 0.25) is 0 Å². The zero-order valence-corrected chi connectivity index (χ0v) is 11.0. The highest BCUT2D eigenvalue weighted by Gasteiger charge is 2.27. The standard InChI is InChI=1S/C12H20N2O5/c1-2-8-3-5-14(6-4-8)12(19)13-9(11(17)18)7-10(15)16/h8-9H,2-7H2,1H3,(H,13,19)(H,15,16)(H,17,18)/t9-/m0/s1. The molecular weight excluding hydrogens is 252 g/mol. The minimum absolute atomic E-state index is 0.497. The van der Waals surface area contributed by atoms with Crippen molar-refractivity contribution in [2.75, 3.05) is 13.1 Å². The van der Waals surface area contributed by atoms with E-state index in [9.17, 15) is 14.4 Å². The topological polar surface area (TPSA) is 107 Å². The van der Waals surface area contributed by atoms with Crippen LogP contribution in [0.4, 0.5) is 4.79 Å². The molecule has 0 radical (unpaired) electrons. The Bertz CT molecular complexity index is 350. The van der Waals surface area contributed by atoms with Gasteiger partial charge in [0.2, 0.25) is 0 Å². The van der Waals surface area contributed by atoms with Crippen LogP contribution in [0.3, 0.4) is 0 Å². The Hall–Kier alpha value is -1.79. The second-order valence-electron chi connectivity index (χ2n) is 4.78. The maximum Gasteiger partial charge on any atom is 0.326 e. The molecule has 0 unspecified atom stereocenters. The molecule has 0 aromatic carbocycles. The minimum Gasteiger partial charge on any atom is -0.481 e. The Kier molecular flexibility index (Phi) is 5.59. The van der Waals surface area contributed by atoms with Gasteiger partial charge in [0.25, 0.3) is 0 Å². The number of carboxylic acid groups (broad SMARTS) is 2. The van der Waals surface area contributed by atoms with Crippen molar-refractivity contribution in [2.24, 2.45) is 5.92 Å². The summed E-state index contributed by atoms with van der Waals surface area (Å²) in [6.07, 6.45) is 2.26. The summed E-state index contributed by atoms with van der Waals surface area (Å²) in [5, 5.41) is 19.7. The fraction of sp³-hybridized carbons (Fsp3) is 0.750. The van der Waals surface area contributed by atoms with Crippen molar-refractivity contribution in [3.05, 3.63) is 0 Å². The number of urea groups is 1. The number of likely N-dealkylation sites (tertiary alicyclic amines) is 1. The summed E-state index contributed by atoms with van der Waals surface area (Å²) in [5.41, 5.74) is 0. The maximum absolute atomic E-state index is 11.8. The number of piperidine rings is 1. The molecule has 0 aliphatic carbocycles. The van der Waals surface area contributed by atoms with Crippen LogP contribution in [0.1, 0.15) is 32.6 Å².